The number of aryl methyl sites for hydroxylation is 1. The van der Waals surface area contributed by atoms with Crippen molar-refractivity contribution in [3.63, 3.8) is 0 Å². The monoisotopic (exact) mass is 497 g/mol. The number of carbonyl (C=O) groups is 2. The van der Waals surface area contributed by atoms with Gasteiger partial charge in [0.05, 0.1) is 41.9 Å². The summed E-state index contributed by atoms with van der Waals surface area (Å²) in [6.07, 6.45) is -2.40. The van der Waals surface area contributed by atoms with E-state index in [1.807, 2.05) is 6.92 Å². The van der Waals surface area contributed by atoms with Gasteiger partial charge in [-0.05, 0) is 13.8 Å². The molecule has 196 valence electrons. The number of aliphatic hydroxyl groups is 2. The fraction of sp³-hybridized carbons (Fsp3) is 0.720. The first-order valence-electron chi connectivity index (χ1n) is 11.9. The Kier molecular flexibility index (Phi) is 8.20. The maximum absolute atomic E-state index is 15.2. The minimum Gasteiger partial charge on any atom is -0.455 e. The van der Waals surface area contributed by atoms with Gasteiger partial charge in [-0.15, -0.1) is 0 Å². The summed E-state index contributed by atoms with van der Waals surface area (Å²) in [5, 5.41) is 21.4. The number of nitrogens with zero attached hydrogens (tertiary/aromatic N) is 1. The van der Waals surface area contributed by atoms with E-state index in [-0.39, 0.29) is 18.7 Å². The number of ketones is 1. The number of Topliss-reactive ketones (excluding diaryl/α,β-unsaturated/α-hetero) is 1. The molecule has 0 spiro atoms. The molecule has 10 heteroatoms. The molecule has 2 aliphatic rings. The number of cyclic esters (lactones) is 1. The number of fused-ring (bicyclic) bond motifs is 1. The molecule has 1 aromatic rings. The van der Waals surface area contributed by atoms with E-state index < -0.39 is 71.5 Å². The quantitative estimate of drug-likeness (QED) is 0.467. The van der Waals surface area contributed by atoms with E-state index in [1.165, 1.54) is 20.1 Å². The molecule has 2 N–H and O–H groups in total. The van der Waals surface area contributed by atoms with Crippen LogP contribution in [0, 0.1) is 18.3 Å². The summed E-state index contributed by atoms with van der Waals surface area (Å²) in [5.74, 6) is -2.51. The van der Waals surface area contributed by atoms with Crippen molar-refractivity contribution >= 4 is 17.8 Å². The first kappa shape index (κ1) is 27.4. The number of aromatic nitrogens is 1. The Balaban J connectivity index is 1.85. The molecule has 2 saturated heterocycles. The van der Waals surface area contributed by atoms with E-state index in [0.717, 1.165) is 6.08 Å². The van der Waals surface area contributed by atoms with Gasteiger partial charge < -0.3 is 28.8 Å². The average molecular weight is 498 g/mol. The standard InChI is InChI=1S/C25H36FNO8/c1-13-22(30)14(2)32-8-7-25(6)20(35-25)10-18(17(26)9-16-12-33-15(3)27-16)34-21(29)11-19(28)24(4,5)23(13)31/h9,12-14,18-20,22,28,30H,7-8,10-11H2,1-6H3/t13-,14-,18+,19+,20+,22+,25-/m1/s1. The molecule has 0 bridgehead atoms. The summed E-state index contributed by atoms with van der Waals surface area (Å²) in [6, 6.07) is 0. The van der Waals surface area contributed by atoms with Crippen molar-refractivity contribution in [3.8, 4) is 0 Å². The maximum atomic E-state index is 15.2. The number of oxazole rings is 1. The highest BCUT2D eigenvalue weighted by molar-refractivity contribution is 5.88. The molecule has 35 heavy (non-hydrogen) atoms. The Morgan fingerprint density at radius 3 is 2.54 bits per heavy atom. The number of halogens is 1. The lowest BCUT2D eigenvalue weighted by atomic mass is 9.74. The predicted molar refractivity (Wildman–Crippen MR) is 123 cm³/mol. The number of aliphatic hydroxyl groups excluding tert-OH is 2. The highest BCUT2D eigenvalue weighted by Crippen LogP contribution is 2.43. The minimum absolute atomic E-state index is 0.0506. The van der Waals surface area contributed by atoms with Gasteiger partial charge in [0.15, 0.2) is 12.0 Å². The van der Waals surface area contributed by atoms with Crippen LogP contribution >= 0.6 is 0 Å². The lowest BCUT2D eigenvalue weighted by Crippen LogP contribution is -2.47. The summed E-state index contributed by atoms with van der Waals surface area (Å²) in [7, 11) is 0. The second-order valence-electron chi connectivity index (χ2n) is 10.4. The van der Waals surface area contributed by atoms with Crippen molar-refractivity contribution in [2.45, 2.75) is 96.9 Å². The van der Waals surface area contributed by atoms with Gasteiger partial charge in [0.2, 0.25) is 0 Å². The van der Waals surface area contributed by atoms with Gasteiger partial charge in [-0.1, -0.05) is 20.8 Å². The van der Waals surface area contributed by atoms with Crippen LogP contribution in [0.4, 0.5) is 4.39 Å². The number of carbonyl (C=O) groups excluding carboxylic acids is 2. The fourth-order valence-electron chi connectivity index (χ4n) is 4.38. The second-order valence-corrected chi connectivity index (χ2v) is 10.4. The van der Waals surface area contributed by atoms with Crippen LogP contribution < -0.4 is 0 Å². The minimum atomic E-state index is -1.41. The Morgan fingerprint density at radius 1 is 1.23 bits per heavy atom. The Labute approximate surface area is 204 Å². The maximum Gasteiger partial charge on any atom is 0.309 e. The van der Waals surface area contributed by atoms with Crippen LogP contribution in [-0.2, 0) is 23.8 Å². The van der Waals surface area contributed by atoms with Crippen molar-refractivity contribution in [2.75, 3.05) is 6.61 Å². The summed E-state index contributed by atoms with van der Waals surface area (Å²) in [6.45, 7) is 9.96. The molecule has 2 fully saturated rings. The van der Waals surface area contributed by atoms with E-state index in [1.54, 1.807) is 20.8 Å². The largest absolute Gasteiger partial charge is 0.455 e. The smallest absolute Gasteiger partial charge is 0.309 e. The molecule has 0 aromatic carbocycles. The van der Waals surface area contributed by atoms with Crippen molar-refractivity contribution in [2.24, 2.45) is 11.3 Å². The molecule has 2 aliphatic heterocycles. The lowest BCUT2D eigenvalue weighted by molar-refractivity contribution is -0.156. The number of rotatable bonds is 2. The zero-order valence-electron chi connectivity index (χ0n) is 21.1. The highest BCUT2D eigenvalue weighted by Gasteiger charge is 2.53. The Bertz CT molecular complexity index is 959. The lowest BCUT2D eigenvalue weighted by Gasteiger charge is -2.34. The van der Waals surface area contributed by atoms with Crippen molar-refractivity contribution < 1.29 is 42.8 Å². The van der Waals surface area contributed by atoms with E-state index in [0.29, 0.717) is 12.3 Å². The second kappa shape index (κ2) is 10.5. The van der Waals surface area contributed by atoms with Crippen LogP contribution in [-0.4, -0.2) is 69.7 Å². The van der Waals surface area contributed by atoms with Crippen LogP contribution in [0.25, 0.3) is 6.08 Å². The van der Waals surface area contributed by atoms with Gasteiger partial charge in [0.1, 0.15) is 23.6 Å². The fourth-order valence-corrected chi connectivity index (χ4v) is 4.38. The first-order chi connectivity index (χ1) is 16.2. The first-order valence-corrected chi connectivity index (χ1v) is 11.9. The molecule has 0 amide bonds. The molecular formula is C25H36FNO8. The SMILES string of the molecule is Cc1nc(C=C(F)[C@@H]2C[C@@H]3O[C@]3(C)CCO[C@H](C)[C@@H](O)[C@@H](C)C(=O)C(C)(C)[C@@H](O)CC(=O)O2)co1. The molecule has 3 heterocycles. The third-order valence-corrected chi connectivity index (χ3v) is 7.18. The van der Waals surface area contributed by atoms with E-state index in [4.69, 9.17) is 18.6 Å². The van der Waals surface area contributed by atoms with Crippen LogP contribution in [0.2, 0.25) is 0 Å². The Morgan fingerprint density at radius 2 is 1.91 bits per heavy atom. The van der Waals surface area contributed by atoms with Gasteiger partial charge in [-0.3, -0.25) is 9.59 Å². The molecule has 0 radical (unpaired) electrons. The summed E-state index contributed by atoms with van der Waals surface area (Å²) < 4.78 is 37.3. The zero-order chi connectivity index (χ0) is 26.1. The van der Waals surface area contributed by atoms with E-state index in [9.17, 15) is 19.8 Å². The van der Waals surface area contributed by atoms with Crippen LogP contribution in [0.5, 0.6) is 0 Å². The third-order valence-electron chi connectivity index (χ3n) is 7.18. The van der Waals surface area contributed by atoms with Crippen molar-refractivity contribution in [3.05, 3.63) is 23.7 Å². The van der Waals surface area contributed by atoms with E-state index >= 15 is 4.39 Å². The molecule has 3 rings (SSSR count). The number of hydrogen-bond donors (Lipinski definition) is 2. The van der Waals surface area contributed by atoms with Gasteiger partial charge >= 0.3 is 5.97 Å². The van der Waals surface area contributed by atoms with Gasteiger partial charge in [-0.25, -0.2) is 9.37 Å². The van der Waals surface area contributed by atoms with Gasteiger partial charge in [0, 0.05) is 38.4 Å². The van der Waals surface area contributed by atoms with Crippen LogP contribution in [0.1, 0.15) is 65.5 Å². The zero-order valence-corrected chi connectivity index (χ0v) is 21.1. The van der Waals surface area contributed by atoms with Gasteiger partial charge in [0.25, 0.3) is 0 Å². The molecular weight excluding hydrogens is 461 g/mol. The molecule has 9 nitrogen and oxygen atoms in total. The molecule has 0 unspecified atom stereocenters. The molecule has 0 aliphatic carbocycles. The number of esters is 1. The third kappa shape index (κ3) is 6.35. The van der Waals surface area contributed by atoms with Crippen LogP contribution in [0.3, 0.4) is 0 Å². The highest BCUT2D eigenvalue weighted by atomic mass is 19.1. The average Bonchev–Trinajstić information content (AvgIpc) is 3.22. The number of epoxide rings is 1. The van der Waals surface area contributed by atoms with Gasteiger partial charge in [-0.2, -0.15) is 0 Å². The Hall–Kier alpha value is -2.14. The molecule has 7 atom stereocenters. The number of hydrogen-bond acceptors (Lipinski definition) is 9. The van der Waals surface area contributed by atoms with Crippen molar-refractivity contribution in [1.29, 1.82) is 0 Å². The normalized spacial score (nSPS) is 37.5. The van der Waals surface area contributed by atoms with E-state index in [2.05, 4.69) is 4.98 Å². The topological polar surface area (TPSA) is 132 Å². The summed E-state index contributed by atoms with van der Waals surface area (Å²) in [4.78, 5) is 29.8. The predicted octanol–water partition coefficient (Wildman–Crippen LogP) is 2.90. The summed E-state index contributed by atoms with van der Waals surface area (Å²) >= 11 is 0. The molecule has 1 aromatic heterocycles. The number of ether oxygens (including phenoxy) is 3. The summed E-state index contributed by atoms with van der Waals surface area (Å²) in [5.41, 5.74) is -1.74. The van der Waals surface area contributed by atoms with Crippen molar-refractivity contribution in [1.82, 2.24) is 4.98 Å². The van der Waals surface area contributed by atoms with Crippen LogP contribution in [0.15, 0.2) is 16.5 Å². The molecule has 0 saturated carbocycles.